The summed E-state index contributed by atoms with van der Waals surface area (Å²) in [5.41, 5.74) is -0.298. The molecule has 98 valence electrons. The van der Waals surface area contributed by atoms with Crippen molar-refractivity contribution in [1.29, 1.82) is 0 Å². The number of nitrogens with zero attached hydrogens (tertiary/aromatic N) is 3. The minimum Gasteiger partial charge on any atom is -0.341 e. The Morgan fingerprint density at radius 1 is 1.39 bits per heavy atom. The zero-order valence-corrected chi connectivity index (χ0v) is 10.8. The molecule has 1 saturated heterocycles. The molecule has 0 saturated carbocycles. The molecule has 0 bridgehead atoms. The van der Waals surface area contributed by atoms with E-state index < -0.39 is 0 Å². The van der Waals surface area contributed by atoms with Crippen molar-refractivity contribution in [2.75, 3.05) is 18.8 Å². The van der Waals surface area contributed by atoms with E-state index in [1.54, 1.807) is 11.9 Å². The summed E-state index contributed by atoms with van der Waals surface area (Å²) in [6, 6.07) is 0. The Labute approximate surface area is 108 Å². The van der Waals surface area contributed by atoms with Gasteiger partial charge in [-0.1, -0.05) is 11.8 Å². The van der Waals surface area contributed by atoms with E-state index >= 15 is 0 Å². The minimum absolute atomic E-state index is 0.0250. The highest BCUT2D eigenvalue weighted by Crippen LogP contribution is 2.14. The molecule has 0 atom stereocenters. The second kappa shape index (κ2) is 5.38. The van der Waals surface area contributed by atoms with Crippen LogP contribution in [-0.4, -0.2) is 50.2 Å². The quantitative estimate of drug-likeness (QED) is 0.740. The second-order valence-electron chi connectivity index (χ2n) is 4.08. The van der Waals surface area contributed by atoms with Crippen LogP contribution in [0.15, 0.2) is 9.95 Å². The first-order valence-corrected chi connectivity index (χ1v) is 6.60. The fourth-order valence-electron chi connectivity index (χ4n) is 1.68. The fourth-order valence-corrected chi connectivity index (χ4v) is 2.51. The average Bonchev–Trinajstić information content (AvgIpc) is 2.68. The van der Waals surface area contributed by atoms with Gasteiger partial charge < -0.3 is 4.90 Å². The highest BCUT2D eigenvalue weighted by atomic mass is 32.2. The molecule has 2 rings (SSSR count). The molecule has 7 nitrogen and oxygen atoms in total. The molecule has 1 N–H and O–H groups in total. The number of nitrogens with one attached hydrogen (secondary N) is 1. The van der Waals surface area contributed by atoms with E-state index in [1.165, 1.54) is 16.3 Å². The van der Waals surface area contributed by atoms with Crippen LogP contribution in [0.3, 0.4) is 0 Å². The van der Waals surface area contributed by atoms with E-state index in [2.05, 4.69) is 10.2 Å². The Balaban J connectivity index is 1.87. The molecule has 1 amide bonds. The van der Waals surface area contributed by atoms with Crippen LogP contribution in [0.1, 0.15) is 12.8 Å². The van der Waals surface area contributed by atoms with Gasteiger partial charge in [0.05, 0.1) is 5.75 Å². The highest BCUT2D eigenvalue weighted by molar-refractivity contribution is 7.99. The number of aromatic amines is 1. The largest absolute Gasteiger partial charge is 0.343 e. The maximum Gasteiger partial charge on any atom is 0.343 e. The molecule has 0 aromatic carbocycles. The van der Waals surface area contributed by atoms with Crippen molar-refractivity contribution in [3.63, 3.8) is 0 Å². The fraction of sp³-hybridized carbons (Fsp3) is 0.600. The molecule has 0 unspecified atom stereocenters. The van der Waals surface area contributed by atoms with Crippen LogP contribution in [0.4, 0.5) is 0 Å². The smallest absolute Gasteiger partial charge is 0.341 e. The van der Waals surface area contributed by atoms with Crippen LogP contribution in [0.25, 0.3) is 0 Å². The molecule has 0 spiro atoms. The van der Waals surface area contributed by atoms with Crippen LogP contribution >= 0.6 is 11.8 Å². The SMILES string of the molecule is Cn1c(SCC(=O)N2CCC(=O)CC2)n[nH]c1=O. The van der Waals surface area contributed by atoms with Gasteiger partial charge in [-0.15, -0.1) is 5.10 Å². The lowest BCUT2D eigenvalue weighted by Gasteiger charge is -2.25. The topological polar surface area (TPSA) is 88.1 Å². The van der Waals surface area contributed by atoms with E-state index in [-0.39, 0.29) is 23.1 Å². The van der Waals surface area contributed by atoms with Crippen LogP contribution in [-0.2, 0) is 16.6 Å². The summed E-state index contributed by atoms with van der Waals surface area (Å²) < 4.78 is 1.36. The molecule has 1 aromatic rings. The van der Waals surface area contributed by atoms with Crippen LogP contribution < -0.4 is 5.69 Å². The number of hydrogen-bond donors (Lipinski definition) is 1. The maximum absolute atomic E-state index is 11.9. The number of rotatable bonds is 3. The van der Waals surface area contributed by atoms with Crippen LogP contribution in [0.2, 0.25) is 0 Å². The van der Waals surface area contributed by atoms with E-state index in [0.717, 1.165) is 0 Å². The average molecular weight is 270 g/mol. The first kappa shape index (κ1) is 12.9. The number of Topliss-reactive ketones (excluding diaryl/α,β-unsaturated/α-hetero) is 1. The molecular formula is C10H14N4O3S. The minimum atomic E-state index is -0.298. The predicted octanol–water partition coefficient (Wildman–Crippen LogP) is -0.608. The number of piperidine rings is 1. The van der Waals surface area contributed by atoms with Gasteiger partial charge >= 0.3 is 5.69 Å². The van der Waals surface area contributed by atoms with Crippen molar-refractivity contribution < 1.29 is 9.59 Å². The summed E-state index contributed by atoms with van der Waals surface area (Å²) in [6.45, 7) is 0.995. The van der Waals surface area contributed by atoms with Crippen molar-refractivity contribution in [2.24, 2.45) is 7.05 Å². The normalized spacial score (nSPS) is 16.1. The van der Waals surface area contributed by atoms with Crippen molar-refractivity contribution in [3.8, 4) is 0 Å². The molecule has 1 aromatic heterocycles. The Hall–Kier alpha value is -1.57. The summed E-state index contributed by atoms with van der Waals surface area (Å²) in [6.07, 6.45) is 0.884. The highest BCUT2D eigenvalue weighted by Gasteiger charge is 2.21. The van der Waals surface area contributed by atoms with Gasteiger partial charge in [-0.05, 0) is 0 Å². The predicted molar refractivity (Wildman–Crippen MR) is 65.4 cm³/mol. The van der Waals surface area contributed by atoms with Crippen LogP contribution in [0.5, 0.6) is 0 Å². The molecular weight excluding hydrogens is 256 g/mol. The summed E-state index contributed by atoms with van der Waals surface area (Å²) in [5.74, 6) is 0.413. The lowest BCUT2D eigenvalue weighted by atomic mass is 10.1. The van der Waals surface area contributed by atoms with Crippen molar-refractivity contribution in [2.45, 2.75) is 18.0 Å². The van der Waals surface area contributed by atoms with Crippen molar-refractivity contribution in [3.05, 3.63) is 10.5 Å². The number of thioether (sulfide) groups is 1. The summed E-state index contributed by atoms with van der Waals surface area (Å²) in [7, 11) is 1.60. The number of hydrogen-bond acceptors (Lipinski definition) is 5. The third-order valence-corrected chi connectivity index (χ3v) is 3.85. The van der Waals surface area contributed by atoms with E-state index in [9.17, 15) is 14.4 Å². The number of ketones is 1. The monoisotopic (exact) mass is 270 g/mol. The number of aromatic nitrogens is 3. The number of H-pyrrole nitrogens is 1. The number of likely N-dealkylation sites (tertiary alicyclic amines) is 1. The Morgan fingerprint density at radius 2 is 2.06 bits per heavy atom. The van der Waals surface area contributed by atoms with Gasteiger partial charge in [0, 0.05) is 33.0 Å². The third kappa shape index (κ3) is 2.81. The Bertz CT molecular complexity index is 511. The molecule has 1 aliphatic rings. The van der Waals surface area contributed by atoms with E-state index in [4.69, 9.17) is 0 Å². The summed E-state index contributed by atoms with van der Waals surface area (Å²) in [4.78, 5) is 35.7. The lowest BCUT2D eigenvalue weighted by Crippen LogP contribution is -2.39. The number of carbonyl (C=O) groups excluding carboxylic acids is 2. The lowest BCUT2D eigenvalue weighted by molar-refractivity contribution is -0.132. The van der Waals surface area contributed by atoms with Gasteiger partial charge in [0.15, 0.2) is 5.16 Å². The molecule has 0 radical (unpaired) electrons. The van der Waals surface area contributed by atoms with Gasteiger partial charge in [0.1, 0.15) is 5.78 Å². The number of carbonyl (C=O) groups is 2. The Kier molecular flexibility index (Phi) is 3.85. The summed E-state index contributed by atoms with van der Waals surface area (Å²) in [5, 5.41) is 6.61. The molecule has 2 heterocycles. The summed E-state index contributed by atoms with van der Waals surface area (Å²) >= 11 is 1.21. The van der Waals surface area contributed by atoms with Gasteiger partial charge in [-0.25, -0.2) is 9.89 Å². The van der Waals surface area contributed by atoms with Crippen molar-refractivity contribution in [1.82, 2.24) is 19.7 Å². The van der Waals surface area contributed by atoms with E-state index in [0.29, 0.717) is 31.1 Å². The van der Waals surface area contributed by atoms with Gasteiger partial charge in [-0.3, -0.25) is 14.2 Å². The zero-order valence-electron chi connectivity index (χ0n) is 10.0. The zero-order chi connectivity index (χ0) is 13.1. The maximum atomic E-state index is 11.9. The number of amides is 1. The van der Waals surface area contributed by atoms with Crippen molar-refractivity contribution >= 4 is 23.5 Å². The molecule has 0 aliphatic carbocycles. The van der Waals surface area contributed by atoms with E-state index in [1.807, 2.05) is 0 Å². The second-order valence-corrected chi connectivity index (χ2v) is 5.02. The van der Waals surface area contributed by atoms with Crippen LogP contribution in [0, 0.1) is 0 Å². The first-order valence-electron chi connectivity index (χ1n) is 5.61. The van der Waals surface area contributed by atoms with Gasteiger partial charge in [-0.2, -0.15) is 0 Å². The molecule has 1 fully saturated rings. The molecule has 18 heavy (non-hydrogen) atoms. The molecule has 8 heteroatoms. The standard InChI is InChI=1S/C10H14N4O3S/c1-13-9(17)11-12-10(13)18-6-8(16)14-4-2-7(15)3-5-14/h2-6H2,1H3,(H,11,17). The van der Waals surface area contributed by atoms with Gasteiger partial charge in [0.25, 0.3) is 0 Å². The van der Waals surface area contributed by atoms with Gasteiger partial charge in [0.2, 0.25) is 5.91 Å². The first-order chi connectivity index (χ1) is 8.58. The third-order valence-electron chi connectivity index (χ3n) is 2.84. The molecule has 1 aliphatic heterocycles. The Morgan fingerprint density at radius 3 is 2.61 bits per heavy atom.